The van der Waals surface area contributed by atoms with E-state index < -0.39 is 16.4 Å². The monoisotopic (exact) mass is 314 g/mol. The number of hydrogen-bond donors (Lipinski definition) is 0. The smallest absolute Gasteiger partial charge is 0.258 e. The molecule has 0 amide bonds. The van der Waals surface area contributed by atoms with Crippen molar-refractivity contribution in [3.63, 3.8) is 0 Å². The molecule has 18 heavy (non-hydrogen) atoms. The number of alkyl halides is 1. The van der Waals surface area contributed by atoms with Crippen molar-refractivity contribution in [2.75, 3.05) is 5.33 Å². The topological polar surface area (TPSA) is 73.8 Å². The van der Waals surface area contributed by atoms with E-state index in [1.165, 1.54) is 10.7 Å². The van der Waals surface area contributed by atoms with Crippen molar-refractivity contribution in [2.24, 2.45) is 0 Å². The van der Waals surface area contributed by atoms with E-state index in [-0.39, 0.29) is 0 Å². The predicted octanol–water partition coefficient (Wildman–Crippen LogP) is 2.25. The van der Waals surface area contributed by atoms with Gasteiger partial charge in [0, 0.05) is 23.9 Å². The normalized spacial score (nSPS) is 10.6. The molecule has 8 heteroatoms. The van der Waals surface area contributed by atoms with Crippen LogP contribution in [-0.2, 0) is 6.42 Å². The van der Waals surface area contributed by atoms with Crippen LogP contribution in [0.25, 0.3) is 5.69 Å². The SMILES string of the molecule is O=[N+]([O-])c1ccc(-n2cc(CCBr)nn2)cc1F. The number of nitrogens with zero attached hydrogens (tertiary/aromatic N) is 4. The summed E-state index contributed by atoms with van der Waals surface area (Å²) in [5.41, 5.74) is 0.594. The van der Waals surface area contributed by atoms with Crippen LogP contribution in [0.4, 0.5) is 10.1 Å². The standard InChI is InChI=1S/C10H8BrFN4O2/c11-4-3-7-6-15(14-13-7)8-1-2-10(16(17)18)9(12)5-8/h1-2,5-6H,3-4H2. The van der Waals surface area contributed by atoms with Crippen LogP contribution in [0.1, 0.15) is 5.69 Å². The Bertz CT molecular complexity index is 587. The maximum Gasteiger partial charge on any atom is 0.304 e. The number of aromatic nitrogens is 3. The van der Waals surface area contributed by atoms with Gasteiger partial charge in [-0.15, -0.1) is 5.10 Å². The molecular weight excluding hydrogens is 307 g/mol. The van der Waals surface area contributed by atoms with Gasteiger partial charge in [-0.1, -0.05) is 21.1 Å². The van der Waals surface area contributed by atoms with Crippen LogP contribution < -0.4 is 0 Å². The summed E-state index contributed by atoms with van der Waals surface area (Å²) >= 11 is 3.28. The van der Waals surface area contributed by atoms with E-state index in [0.29, 0.717) is 12.1 Å². The molecule has 2 aromatic rings. The van der Waals surface area contributed by atoms with Crippen molar-refractivity contribution in [1.29, 1.82) is 0 Å². The van der Waals surface area contributed by atoms with Gasteiger partial charge in [0.2, 0.25) is 5.82 Å². The first-order valence-corrected chi connectivity index (χ1v) is 6.15. The van der Waals surface area contributed by atoms with Crippen molar-refractivity contribution in [3.05, 3.63) is 46.0 Å². The number of hydrogen-bond acceptors (Lipinski definition) is 4. The summed E-state index contributed by atoms with van der Waals surface area (Å²) in [5.74, 6) is -0.893. The lowest BCUT2D eigenvalue weighted by Gasteiger charge is -2.00. The molecule has 0 saturated carbocycles. The number of benzene rings is 1. The minimum atomic E-state index is -0.893. The van der Waals surface area contributed by atoms with Crippen molar-refractivity contribution in [2.45, 2.75) is 6.42 Å². The molecule has 0 unspecified atom stereocenters. The zero-order valence-electron chi connectivity index (χ0n) is 9.08. The average molecular weight is 315 g/mol. The first-order valence-electron chi connectivity index (χ1n) is 5.03. The maximum atomic E-state index is 13.4. The fraction of sp³-hybridized carbons (Fsp3) is 0.200. The number of nitro benzene ring substituents is 1. The second kappa shape index (κ2) is 5.21. The summed E-state index contributed by atoms with van der Waals surface area (Å²) in [5, 5.41) is 19.0. The van der Waals surface area contributed by atoms with Gasteiger partial charge in [-0.05, 0) is 6.07 Å². The van der Waals surface area contributed by atoms with Gasteiger partial charge in [0.1, 0.15) is 0 Å². The Balaban J connectivity index is 2.33. The van der Waals surface area contributed by atoms with E-state index in [1.54, 1.807) is 6.20 Å². The molecule has 0 atom stereocenters. The van der Waals surface area contributed by atoms with E-state index in [1.807, 2.05) is 0 Å². The highest BCUT2D eigenvalue weighted by molar-refractivity contribution is 9.09. The van der Waals surface area contributed by atoms with Crippen LogP contribution in [0.3, 0.4) is 0 Å². The number of nitro groups is 1. The third-order valence-corrected chi connectivity index (χ3v) is 2.68. The molecule has 0 aliphatic carbocycles. The number of rotatable bonds is 4. The summed E-state index contributed by atoms with van der Waals surface area (Å²) in [4.78, 5) is 9.72. The number of aryl methyl sites for hydroxylation is 1. The van der Waals surface area contributed by atoms with E-state index in [4.69, 9.17) is 0 Å². The first kappa shape index (κ1) is 12.6. The van der Waals surface area contributed by atoms with Gasteiger partial charge in [-0.3, -0.25) is 10.1 Å². The molecule has 94 valence electrons. The van der Waals surface area contributed by atoms with Crippen molar-refractivity contribution >= 4 is 21.6 Å². The Morgan fingerprint density at radius 2 is 2.28 bits per heavy atom. The lowest BCUT2D eigenvalue weighted by atomic mass is 10.2. The summed E-state index contributed by atoms with van der Waals surface area (Å²) in [6, 6.07) is 3.59. The van der Waals surface area contributed by atoms with Crippen LogP contribution in [0.2, 0.25) is 0 Å². The molecule has 1 heterocycles. The second-order valence-electron chi connectivity index (χ2n) is 3.49. The Labute approximate surface area is 110 Å². The molecule has 0 aliphatic heterocycles. The van der Waals surface area contributed by atoms with Crippen LogP contribution >= 0.6 is 15.9 Å². The van der Waals surface area contributed by atoms with E-state index >= 15 is 0 Å². The summed E-state index contributed by atoms with van der Waals surface area (Å²) in [6.07, 6.45) is 2.36. The summed E-state index contributed by atoms with van der Waals surface area (Å²) in [7, 11) is 0. The lowest BCUT2D eigenvalue weighted by Crippen LogP contribution is -1.98. The zero-order chi connectivity index (χ0) is 13.1. The van der Waals surface area contributed by atoms with Gasteiger partial charge < -0.3 is 0 Å². The Morgan fingerprint density at radius 1 is 1.50 bits per heavy atom. The highest BCUT2D eigenvalue weighted by Gasteiger charge is 2.14. The quantitative estimate of drug-likeness (QED) is 0.493. The molecule has 2 rings (SSSR count). The zero-order valence-corrected chi connectivity index (χ0v) is 10.7. The molecule has 0 fully saturated rings. The molecule has 6 nitrogen and oxygen atoms in total. The third kappa shape index (κ3) is 2.53. The Hall–Kier alpha value is -1.83. The van der Waals surface area contributed by atoms with Gasteiger partial charge in [0.25, 0.3) is 0 Å². The fourth-order valence-electron chi connectivity index (χ4n) is 1.42. The van der Waals surface area contributed by atoms with Crippen molar-refractivity contribution < 1.29 is 9.31 Å². The number of halogens is 2. The average Bonchev–Trinajstić information content (AvgIpc) is 2.77. The molecule has 1 aromatic carbocycles. The highest BCUT2D eigenvalue weighted by Crippen LogP contribution is 2.19. The molecule has 0 saturated heterocycles. The second-order valence-corrected chi connectivity index (χ2v) is 4.28. The fourth-order valence-corrected chi connectivity index (χ4v) is 1.83. The van der Waals surface area contributed by atoms with Crippen LogP contribution in [0.5, 0.6) is 0 Å². The molecule has 1 aromatic heterocycles. The van der Waals surface area contributed by atoms with Crippen molar-refractivity contribution in [3.8, 4) is 5.69 Å². The third-order valence-electron chi connectivity index (χ3n) is 2.28. The highest BCUT2D eigenvalue weighted by atomic mass is 79.9. The van der Waals surface area contributed by atoms with Gasteiger partial charge in [0.15, 0.2) is 0 Å². The molecule has 0 spiro atoms. The Morgan fingerprint density at radius 3 is 2.89 bits per heavy atom. The van der Waals surface area contributed by atoms with Crippen LogP contribution in [-0.4, -0.2) is 25.2 Å². The van der Waals surface area contributed by atoms with E-state index in [2.05, 4.69) is 26.2 Å². The van der Waals surface area contributed by atoms with Gasteiger partial charge in [-0.2, -0.15) is 4.39 Å². The van der Waals surface area contributed by atoms with E-state index in [0.717, 1.165) is 23.2 Å². The van der Waals surface area contributed by atoms with E-state index in [9.17, 15) is 14.5 Å². The Kier molecular flexibility index (Phi) is 3.66. The summed E-state index contributed by atoms with van der Waals surface area (Å²) in [6.45, 7) is 0. The maximum absolute atomic E-state index is 13.4. The van der Waals surface area contributed by atoms with Gasteiger partial charge in [0.05, 0.1) is 22.5 Å². The largest absolute Gasteiger partial charge is 0.304 e. The predicted molar refractivity (Wildman–Crippen MR) is 65.5 cm³/mol. The van der Waals surface area contributed by atoms with Crippen molar-refractivity contribution in [1.82, 2.24) is 15.0 Å². The minimum absolute atomic E-state index is 0.395. The molecule has 0 radical (unpaired) electrons. The van der Waals surface area contributed by atoms with Crippen LogP contribution in [0, 0.1) is 15.9 Å². The van der Waals surface area contributed by atoms with Gasteiger partial charge >= 0.3 is 5.69 Å². The first-order chi connectivity index (χ1) is 8.61. The molecule has 0 bridgehead atoms. The van der Waals surface area contributed by atoms with Crippen LogP contribution in [0.15, 0.2) is 24.4 Å². The molecule has 0 N–H and O–H groups in total. The minimum Gasteiger partial charge on any atom is -0.258 e. The lowest BCUT2D eigenvalue weighted by molar-refractivity contribution is -0.387. The molecule has 0 aliphatic rings. The van der Waals surface area contributed by atoms with Gasteiger partial charge in [-0.25, -0.2) is 4.68 Å². The summed E-state index contributed by atoms with van der Waals surface area (Å²) < 4.78 is 14.8. The molecular formula is C10H8BrFN4O2.